The number of nitrogens with zero attached hydrogens (tertiary/aromatic N) is 5. The van der Waals surface area contributed by atoms with Crippen LogP contribution in [0.3, 0.4) is 0 Å². The predicted molar refractivity (Wildman–Crippen MR) is 104 cm³/mol. The molecule has 0 atom stereocenters. The molecule has 0 saturated carbocycles. The van der Waals surface area contributed by atoms with Crippen LogP contribution in [0.2, 0.25) is 0 Å². The highest BCUT2D eigenvalue weighted by Crippen LogP contribution is 2.31. The number of fused-ring (bicyclic) bond motifs is 1. The normalized spacial score (nSPS) is 15.1. The number of hydrogen-bond donors (Lipinski definition) is 0. The highest BCUT2D eigenvalue weighted by Gasteiger charge is 2.22. The maximum Gasteiger partial charge on any atom is 0.131 e. The Morgan fingerprint density at radius 3 is 2.74 bits per heavy atom. The van der Waals surface area contributed by atoms with Crippen LogP contribution in [-0.2, 0) is 6.54 Å². The first-order valence-corrected chi connectivity index (χ1v) is 9.07. The van der Waals surface area contributed by atoms with Crippen LogP contribution in [0.15, 0.2) is 54.0 Å². The second kappa shape index (κ2) is 6.46. The van der Waals surface area contributed by atoms with Crippen molar-refractivity contribution in [3.63, 3.8) is 0 Å². The topological polar surface area (TPSA) is 63.5 Å². The van der Waals surface area contributed by atoms with Crippen molar-refractivity contribution in [3.05, 3.63) is 65.7 Å². The summed E-state index contributed by atoms with van der Waals surface area (Å²) in [5, 5.41) is 0. The van der Waals surface area contributed by atoms with E-state index in [0.29, 0.717) is 6.54 Å². The second-order valence-electron chi connectivity index (χ2n) is 6.71. The highest BCUT2D eigenvalue weighted by atomic mass is 16.5. The second-order valence-corrected chi connectivity index (χ2v) is 6.71. The zero-order valence-corrected chi connectivity index (χ0v) is 15.1. The Morgan fingerprint density at radius 1 is 1.00 bits per heavy atom. The van der Waals surface area contributed by atoms with Crippen molar-refractivity contribution in [2.75, 3.05) is 25.1 Å². The summed E-state index contributed by atoms with van der Waals surface area (Å²) in [4.78, 5) is 20.4. The Morgan fingerprint density at radius 2 is 1.93 bits per heavy atom. The molecule has 0 aliphatic carbocycles. The lowest BCUT2D eigenvalue weighted by atomic mass is 9.99. The van der Waals surface area contributed by atoms with E-state index in [1.165, 1.54) is 6.42 Å². The van der Waals surface area contributed by atoms with Crippen LogP contribution in [0, 0.1) is 0 Å². The van der Waals surface area contributed by atoms with Crippen LogP contribution >= 0.6 is 0 Å². The zero-order chi connectivity index (χ0) is 18.2. The first kappa shape index (κ1) is 15.9. The maximum atomic E-state index is 5.47. The van der Waals surface area contributed by atoms with Crippen molar-refractivity contribution >= 4 is 11.5 Å². The number of aliphatic imine (C=N–C) groups is 1. The van der Waals surface area contributed by atoms with Gasteiger partial charge in [-0.1, -0.05) is 0 Å². The number of hydrogen-bond acceptors (Lipinski definition) is 6. The molecule has 5 rings (SSSR count). The average molecular weight is 357 g/mol. The SMILES string of the molecule is COc1ccncc1-c1cc2c(cn1)CN=C2c1ccnc(N2CCC2)c1. The highest BCUT2D eigenvalue weighted by molar-refractivity contribution is 6.15. The van der Waals surface area contributed by atoms with Gasteiger partial charge >= 0.3 is 0 Å². The summed E-state index contributed by atoms with van der Waals surface area (Å²) in [6.45, 7) is 2.81. The summed E-state index contributed by atoms with van der Waals surface area (Å²) in [6.07, 6.45) is 8.52. The van der Waals surface area contributed by atoms with Gasteiger partial charge < -0.3 is 9.64 Å². The third-order valence-corrected chi connectivity index (χ3v) is 5.13. The summed E-state index contributed by atoms with van der Waals surface area (Å²) >= 11 is 0. The van der Waals surface area contributed by atoms with Crippen LogP contribution in [0.25, 0.3) is 11.3 Å². The molecule has 134 valence electrons. The van der Waals surface area contributed by atoms with Crippen molar-refractivity contribution in [1.82, 2.24) is 15.0 Å². The minimum atomic E-state index is 0.656. The van der Waals surface area contributed by atoms with E-state index in [1.807, 2.05) is 24.5 Å². The lowest BCUT2D eigenvalue weighted by molar-refractivity contribution is 0.416. The van der Waals surface area contributed by atoms with Gasteiger partial charge in [-0.2, -0.15) is 0 Å². The molecule has 0 N–H and O–H groups in total. The minimum absolute atomic E-state index is 0.656. The monoisotopic (exact) mass is 357 g/mol. The lowest BCUT2D eigenvalue weighted by Gasteiger charge is -2.32. The standard InChI is InChI=1S/C21H19N5O/c1-27-19-4-5-22-13-17(19)18-10-16-15(11-24-18)12-25-21(16)14-3-6-23-20(9-14)26-7-2-8-26/h3-6,9-11,13H,2,7-8,12H2,1H3. The van der Waals surface area contributed by atoms with Gasteiger partial charge in [0.25, 0.3) is 0 Å². The van der Waals surface area contributed by atoms with Crippen LogP contribution < -0.4 is 9.64 Å². The van der Waals surface area contributed by atoms with Gasteiger partial charge in [-0.25, -0.2) is 4.98 Å². The maximum absolute atomic E-state index is 5.47. The number of methoxy groups -OCH3 is 1. The van der Waals surface area contributed by atoms with E-state index in [4.69, 9.17) is 9.73 Å². The molecule has 6 nitrogen and oxygen atoms in total. The molecular weight excluding hydrogens is 338 g/mol. The molecule has 0 bridgehead atoms. The molecule has 3 aromatic heterocycles. The minimum Gasteiger partial charge on any atom is -0.496 e. The number of pyridine rings is 3. The summed E-state index contributed by atoms with van der Waals surface area (Å²) in [7, 11) is 1.66. The Bertz CT molecular complexity index is 1040. The summed E-state index contributed by atoms with van der Waals surface area (Å²) in [6, 6.07) is 8.10. The largest absolute Gasteiger partial charge is 0.496 e. The molecule has 3 aromatic rings. The smallest absolute Gasteiger partial charge is 0.131 e. The van der Waals surface area contributed by atoms with Crippen molar-refractivity contribution in [2.24, 2.45) is 4.99 Å². The third-order valence-electron chi connectivity index (χ3n) is 5.13. The van der Waals surface area contributed by atoms with E-state index >= 15 is 0 Å². The molecule has 1 fully saturated rings. The molecule has 0 spiro atoms. The molecular formula is C21H19N5O. The van der Waals surface area contributed by atoms with E-state index in [-0.39, 0.29) is 0 Å². The summed E-state index contributed by atoms with van der Waals surface area (Å²) in [5.74, 6) is 1.79. The van der Waals surface area contributed by atoms with Gasteiger partial charge in [0.15, 0.2) is 0 Å². The van der Waals surface area contributed by atoms with Crippen LogP contribution in [0.4, 0.5) is 5.82 Å². The van der Waals surface area contributed by atoms with Gasteiger partial charge in [0, 0.05) is 54.6 Å². The molecule has 2 aliphatic rings. The van der Waals surface area contributed by atoms with Crippen molar-refractivity contribution in [2.45, 2.75) is 13.0 Å². The van der Waals surface area contributed by atoms with Gasteiger partial charge in [0.1, 0.15) is 11.6 Å². The molecule has 5 heterocycles. The number of rotatable bonds is 4. The molecule has 2 aliphatic heterocycles. The fourth-order valence-corrected chi connectivity index (χ4v) is 3.51. The Kier molecular flexibility index (Phi) is 3.81. The first-order chi connectivity index (χ1) is 13.3. The lowest BCUT2D eigenvalue weighted by Crippen LogP contribution is -2.37. The van der Waals surface area contributed by atoms with E-state index < -0.39 is 0 Å². The average Bonchev–Trinajstić information content (AvgIpc) is 3.10. The molecule has 0 aromatic carbocycles. The van der Waals surface area contributed by atoms with Gasteiger partial charge in [-0.15, -0.1) is 0 Å². The van der Waals surface area contributed by atoms with Gasteiger partial charge in [0.05, 0.1) is 30.6 Å². The predicted octanol–water partition coefficient (Wildman–Crippen LogP) is 3.11. The van der Waals surface area contributed by atoms with Crippen LogP contribution in [0.5, 0.6) is 5.75 Å². The molecule has 1 saturated heterocycles. The van der Waals surface area contributed by atoms with Gasteiger partial charge in [-0.05, 0) is 30.7 Å². The number of ether oxygens (including phenoxy) is 1. The van der Waals surface area contributed by atoms with Crippen molar-refractivity contribution in [1.29, 1.82) is 0 Å². The quantitative estimate of drug-likeness (QED) is 0.718. The first-order valence-electron chi connectivity index (χ1n) is 9.07. The van der Waals surface area contributed by atoms with Gasteiger partial charge in [-0.3, -0.25) is 15.0 Å². The Balaban J connectivity index is 1.55. The van der Waals surface area contributed by atoms with E-state index in [1.54, 1.807) is 19.5 Å². The Labute approximate surface area is 157 Å². The van der Waals surface area contributed by atoms with E-state index in [0.717, 1.165) is 58.3 Å². The Hall–Kier alpha value is -3.28. The molecule has 6 heteroatoms. The fraction of sp³-hybridized carbons (Fsp3) is 0.238. The fourth-order valence-electron chi connectivity index (χ4n) is 3.51. The molecule has 0 radical (unpaired) electrons. The van der Waals surface area contributed by atoms with Crippen molar-refractivity contribution < 1.29 is 4.74 Å². The number of anilines is 1. The van der Waals surface area contributed by atoms with Gasteiger partial charge in [0.2, 0.25) is 0 Å². The van der Waals surface area contributed by atoms with Crippen molar-refractivity contribution in [3.8, 4) is 17.0 Å². The van der Waals surface area contributed by atoms with Crippen LogP contribution in [-0.4, -0.2) is 40.9 Å². The molecule has 0 unspecified atom stereocenters. The third kappa shape index (κ3) is 2.73. The zero-order valence-electron chi connectivity index (χ0n) is 15.1. The molecule has 0 amide bonds. The van der Waals surface area contributed by atoms with Crippen LogP contribution in [0.1, 0.15) is 23.1 Å². The molecule has 27 heavy (non-hydrogen) atoms. The van der Waals surface area contributed by atoms with E-state index in [2.05, 4.69) is 32.0 Å². The van der Waals surface area contributed by atoms with E-state index in [9.17, 15) is 0 Å². The summed E-state index contributed by atoms with van der Waals surface area (Å²) in [5.41, 5.74) is 6.07. The number of aromatic nitrogens is 3. The summed E-state index contributed by atoms with van der Waals surface area (Å²) < 4.78 is 5.47.